The predicted molar refractivity (Wildman–Crippen MR) is 83.4 cm³/mol. The molecule has 3 N–H and O–H groups in total. The monoisotopic (exact) mass is 332 g/mol. The fraction of sp³-hybridized carbons (Fsp3) is 0.615. The molecule has 0 aliphatic carbocycles. The zero-order valence-corrected chi connectivity index (χ0v) is 13.6. The van der Waals surface area contributed by atoms with Gasteiger partial charge in [-0.2, -0.15) is 4.31 Å². The molecule has 2 rings (SSSR count). The standard InChI is InChI=1S/C13H21ClN4O2S/c1-2-10-4-3-6-18(7-5-10)21(19,20)11-8-12(14)13(17-15)16-9-11/h8-10H,2-7,15H2,1H3,(H,16,17). The quantitative estimate of drug-likeness (QED) is 0.652. The molecule has 1 fully saturated rings. The third kappa shape index (κ3) is 3.66. The summed E-state index contributed by atoms with van der Waals surface area (Å²) in [4.78, 5) is 4.05. The molecule has 21 heavy (non-hydrogen) atoms. The molecule has 0 aromatic carbocycles. The number of nitrogens with two attached hydrogens (primary N) is 1. The van der Waals surface area contributed by atoms with Gasteiger partial charge in [-0.15, -0.1) is 0 Å². The summed E-state index contributed by atoms with van der Waals surface area (Å²) in [6, 6.07) is 1.39. The lowest BCUT2D eigenvalue weighted by Gasteiger charge is -2.20. The van der Waals surface area contributed by atoms with Crippen LogP contribution in [-0.2, 0) is 10.0 Å². The number of hydrogen-bond acceptors (Lipinski definition) is 5. The van der Waals surface area contributed by atoms with E-state index in [1.807, 2.05) is 0 Å². The predicted octanol–water partition coefficient (Wildman–Crippen LogP) is 2.22. The topological polar surface area (TPSA) is 88.3 Å². The van der Waals surface area contributed by atoms with Gasteiger partial charge in [-0.05, 0) is 31.2 Å². The van der Waals surface area contributed by atoms with E-state index in [2.05, 4.69) is 17.3 Å². The Kier molecular flexibility index (Phi) is 5.43. The molecule has 118 valence electrons. The molecular weight excluding hydrogens is 312 g/mol. The molecule has 0 amide bonds. The highest BCUT2D eigenvalue weighted by Gasteiger charge is 2.28. The Bertz CT molecular complexity index is 594. The summed E-state index contributed by atoms with van der Waals surface area (Å²) in [5.41, 5.74) is 2.33. The third-order valence-electron chi connectivity index (χ3n) is 3.97. The molecule has 0 bridgehead atoms. The van der Waals surface area contributed by atoms with Crippen molar-refractivity contribution in [3.05, 3.63) is 17.3 Å². The van der Waals surface area contributed by atoms with Crippen LogP contribution in [0.2, 0.25) is 5.02 Å². The van der Waals surface area contributed by atoms with Crippen molar-refractivity contribution in [2.45, 2.75) is 37.5 Å². The summed E-state index contributed by atoms with van der Waals surface area (Å²) in [5, 5.41) is 0.194. The lowest BCUT2D eigenvalue weighted by molar-refractivity contribution is 0.407. The number of pyridine rings is 1. The van der Waals surface area contributed by atoms with Crippen LogP contribution in [0.15, 0.2) is 17.2 Å². The molecule has 0 saturated carbocycles. The molecule has 0 spiro atoms. The average Bonchev–Trinajstić information content (AvgIpc) is 2.72. The Balaban J connectivity index is 2.23. The van der Waals surface area contributed by atoms with E-state index in [1.165, 1.54) is 16.6 Å². The van der Waals surface area contributed by atoms with Crippen LogP contribution in [0.1, 0.15) is 32.6 Å². The molecule has 6 nitrogen and oxygen atoms in total. The zero-order chi connectivity index (χ0) is 15.5. The van der Waals surface area contributed by atoms with Crippen LogP contribution in [0.3, 0.4) is 0 Å². The molecule has 1 aliphatic heterocycles. The van der Waals surface area contributed by atoms with Gasteiger partial charge in [0.1, 0.15) is 4.90 Å². The van der Waals surface area contributed by atoms with Crippen LogP contribution >= 0.6 is 11.6 Å². The molecule has 1 atom stereocenters. The van der Waals surface area contributed by atoms with Crippen molar-refractivity contribution in [3.8, 4) is 0 Å². The number of hydrazine groups is 1. The maximum Gasteiger partial charge on any atom is 0.244 e. The number of halogens is 1. The fourth-order valence-electron chi connectivity index (χ4n) is 2.60. The van der Waals surface area contributed by atoms with E-state index < -0.39 is 10.0 Å². The van der Waals surface area contributed by atoms with Gasteiger partial charge >= 0.3 is 0 Å². The summed E-state index contributed by atoms with van der Waals surface area (Å²) in [6.45, 7) is 3.25. The Hall–Kier alpha value is -0.890. The van der Waals surface area contributed by atoms with E-state index in [4.69, 9.17) is 17.4 Å². The van der Waals surface area contributed by atoms with Gasteiger partial charge in [-0.3, -0.25) is 0 Å². The minimum Gasteiger partial charge on any atom is -0.307 e. The summed E-state index contributed by atoms with van der Waals surface area (Å²) in [6.07, 6.45) is 5.26. The molecule has 1 aromatic heterocycles. The highest BCUT2D eigenvalue weighted by molar-refractivity contribution is 7.89. The van der Waals surface area contributed by atoms with Crippen LogP contribution < -0.4 is 11.3 Å². The van der Waals surface area contributed by atoms with Crippen molar-refractivity contribution in [2.24, 2.45) is 11.8 Å². The molecule has 0 radical (unpaired) electrons. The largest absolute Gasteiger partial charge is 0.307 e. The maximum absolute atomic E-state index is 12.7. The van der Waals surface area contributed by atoms with Crippen molar-refractivity contribution >= 4 is 27.4 Å². The number of aromatic nitrogens is 1. The van der Waals surface area contributed by atoms with Crippen molar-refractivity contribution in [1.29, 1.82) is 0 Å². The van der Waals surface area contributed by atoms with Crippen LogP contribution in [0.4, 0.5) is 5.82 Å². The van der Waals surface area contributed by atoms with Gasteiger partial charge < -0.3 is 5.43 Å². The lowest BCUT2D eigenvalue weighted by atomic mass is 9.98. The van der Waals surface area contributed by atoms with E-state index in [-0.39, 0.29) is 15.7 Å². The van der Waals surface area contributed by atoms with Crippen LogP contribution in [0.25, 0.3) is 0 Å². The number of anilines is 1. The molecule has 2 heterocycles. The Labute approximate surface area is 130 Å². The molecular formula is C13H21ClN4O2S. The number of rotatable bonds is 4. The van der Waals surface area contributed by atoms with Crippen LogP contribution in [-0.4, -0.2) is 30.8 Å². The SMILES string of the molecule is CCC1CCCN(S(=O)(=O)c2cnc(NN)c(Cl)c2)CC1. The smallest absolute Gasteiger partial charge is 0.244 e. The second-order valence-electron chi connectivity index (χ2n) is 5.26. The number of nitrogen functional groups attached to an aromatic ring is 1. The van der Waals surface area contributed by atoms with Gasteiger partial charge in [-0.25, -0.2) is 19.2 Å². The lowest BCUT2D eigenvalue weighted by Crippen LogP contribution is -2.32. The first-order chi connectivity index (χ1) is 9.98. The summed E-state index contributed by atoms with van der Waals surface area (Å²) >= 11 is 5.96. The summed E-state index contributed by atoms with van der Waals surface area (Å²) in [7, 11) is -3.55. The van der Waals surface area contributed by atoms with E-state index in [0.29, 0.717) is 19.0 Å². The van der Waals surface area contributed by atoms with E-state index in [1.54, 1.807) is 0 Å². The summed E-state index contributed by atoms with van der Waals surface area (Å²) < 4.78 is 26.9. The van der Waals surface area contributed by atoms with E-state index in [0.717, 1.165) is 25.7 Å². The first-order valence-corrected chi connectivity index (χ1v) is 8.93. The fourth-order valence-corrected chi connectivity index (χ4v) is 4.36. The molecule has 1 aromatic rings. The van der Waals surface area contributed by atoms with E-state index in [9.17, 15) is 8.42 Å². The van der Waals surface area contributed by atoms with Gasteiger partial charge in [0.15, 0.2) is 5.82 Å². The first kappa shape index (κ1) is 16.5. The number of nitrogens with zero attached hydrogens (tertiary/aromatic N) is 2. The highest BCUT2D eigenvalue weighted by atomic mass is 35.5. The second-order valence-corrected chi connectivity index (χ2v) is 7.60. The molecule has 8 heteroatoms. The summed E-state index contributed by atoms with van der Waals surface area (Å²) in [5.74, 6) is 6.12. The van der Waals surface area contributed by atoms with Crippen LogP contribution in [0.5, 0.6) is 0 Å². The third-order valence-corrected chi connectivity index (χ3v) is 6.13. The Morgan fingerprint density at radius 3 is 2.86 bits per heavy atom. The average molecular weight is 333 g/mol. The van der Waals surface area contributed by atoms with Gasteiger partial charge in [0.2, 0.25) is 10.0 Å². The van der Waals surface area contributed by atoms with Crippen molar-refractivity contribution in [1.82, 2.24) is 9.29 Å². The minimum atomic E-state index is -3.55. The van der Waals surface area contributed by atoms with Crippen molar-refractivity contribution in [3.63, 3.8) is 0 Å². The van der Waals surface area contributed by atoms with Gasteiger partial charge in [-0.1, -0.05) is 24.9 Å². The normalized spacial score (nSPS) is 21.0. The molecule has 1 unspecified atom stereocenters. The Morgan fingerprint density at radius 1 is 1.48 bits per heavy atom. The van der Waals surface area contributed by atoms with E-state index >= 15 is 0 Å². The number of sulfonamides is 1. The second kappa shape index (κ2) is 6.91. The van der Waals surface area contributed by atoms with Gasteiger partial charge in [0.25, 0.3) is 0 Å². The van der Waals surface area contributed by atoms with Gasteiger partial charge in [0.05, 0.1) is 5.02 Å². The maximum atomic E-state index is 12.7. The first-order valence-electron chi connectivity index (χ1n) is 7.11. The number of hydrogen-bond donors (Lipinski definition) is 2. The van der Waals surface area contributed by atoms with Crippen molar-refractivity contribution in [2.75, 3.05) is 18.5 Å². The Morgan fingerprint density at radius 2 is 2.24 bits per heavy atom. The van der Waals surface area contributed by atoms with Crippen molar-refractivity contribution < 1.29 is 8.42 Å². The highest BCUT2D eigenvalue weighted by Crippen LogP contribution is 2.27. The molecule has 1 aliphatic rings. The number of nitrogens with one attached hydrogen (secondary N) is 1. The van der Waals surface area contributed by atoms with Gasteiger partial charge in [0, 0.05) is 19.3 Å². The zero-order valence-electron chi connectivity index (χ0n) is 12.0. The van der Waals surface area contributed by atoms with Crippen LogP contribution in [0, 0.1) is 5.92 Å². The minimum absolute atomic E-state index is 0.112. The molecule has 1 saturated heterocycles.